The number of nitriles is 1. The zero-order valence-electron chi connectivity index (χ0n) is 14.1. The predicted molar refractivity (Wildman–Crippen MR) is 99.1 cm³/mol. The minimum Gasteiger partial charge on any atom is -0.437 e. The summed E-state index contributed by atoms with van der Waals surface area (Å²) in [6.07, 6.45) is 3.18. The van der Waals surface area contributed by atoms with Crippen LogP contribution in [0.25, 0.3) is 21.3 Å². The first-order valence-electron chi connectivity index (χ1n) is 7.86. The van der Waals surface area contributed by atoms with E-state index in [2.05, 4.69) is 26.0 Å². The van der Waals surface area contributed by atoms with Crippen molar-refractivity contribution in [1.82, 2.24) is 19.9 Å². The van der Waals surface area contributed by atoms with E-state index in [9.17, 15) is 5.26 Å². The fourth-order valence-corrected chi connectivity index (χ4v) is 3.54. The van der Waals surface area contributed by atoms with E-state index in [0.29, 0.717) is 17.2 Å². The first-order valence-corrected chi connectivity index (χ1v) is 8.74. The van der Waals surface area contributed by atoms with Gasteiger partial charge in [0.05, 0.1) is 22.7 Å². The number of benzene rings is 1. The van der Waals surface area contributed by atoms with Gasteiger partial charge in [0, 0.05) is 28.7 Å². The summed E-state index contributed by atoms with van der Waals surface area (Å²) < 4.78 is 6.79. The Kier molecular flexibility index (Phi) is 4.03. The lowest BCUT2D eigenvalue weighted by atomic mass is 9.98. The zero-order chi connectivity index (χ0) is 18.1. The van der Waals surface area contributed by atoms with Gasteiger partial charge in [-0.1, -0.05) is 0 Å². The maximum absolute atomic E-state index is 9.62. The van der Waals surface area contributed by atoms with E-state index in [1.807, 2.05) is 32.0 Å². The van der Waals surface area contributed by atoms with Gasteiger partial charge in [-0.15, -0.1) is 11.3 Å². The molecule has 0 aliphatic carbocycles. The Bertz CT molecular complexity index is 1140. The molecule has 3 heterocycles. The highest BCUT2D eigenvalue weighted by Gasteiger charge is 2.14. The second kappa shape index (κ2) is 6.50. The number of hydrogen-bond donors (Lipinski definition) is 0. The average molecular weight is 359 g/mol. The number of rotatable bonds is 3. The van der Waals surface area contributed by atoms with E-state index in [-0.39, 0.29) is 0 Å². The number of fused-ring (bicyclic) bond motifs is 1. The Morgan fingerprint density at radius 1 is 1.04 bits per heavy atom. The summed E-state index contributed by atoms with van der Waals surface area (Å²) in [6, 6.07) is 9.47. The molecule has 4 aromatic rings. The van der Waals surface area contributed by atoms with Crippen LogP contribution in [0.2, 0.25) is 0 Å². The topological polar surface area (TPSA) is 84.6 Å². The van der Waals surface area contributed by atoms with Gasteiger partial charge in [0.1, 0.15) is 16.8 Å². The number of aromatic nitrogens is 4. The monoisotopic (exact) mass is 359 g/mol. The first kappa shape index (κ1) is 16.1. The minimum atomic E-state index is 0.483. The van der Waals surface area contributed by atoms with Gasteiger partial charge < -0.3 is 4.74 Å². The van der Waals surface area contributed by atoms with E-state index >= 15 is 0 Å². The number of nitrogens with zero attached hydrogens (tertiary/aromatic N) is 5. The molecule has 0 spiro atoms. The van der Waals surface area contributed by atoms with Gasteiger partial charge in [-0.05, 0) is 38.1 Å². The van der Waals surface area contributed by atoms with Gasteiger partial charge >= 0.3 is 0 Å². The second-order valence-corrected chi connectivity index (χ2v) is 6.51. The molecule has 0 N–H and O–H groups in total. The van der Waals surface area contributed by atoms with Crippen molar-refractivity contribution in [2.75, 3.05) is 0 Å². The lowest BCUT2D eigenvalue weighted by Crippen LogP contribution is -1.97. The van der Waals surface area contributed by atoms with E-state index in [0.717, 1.165) is 32.7 Å². The summed E-state index contributed by atoms with van der Waals surface area (Å²) in [5.41, 5.74) is 6.42. The third-order valence-electron chi connectivity index (χ3n) is 4.04. The highest BCUT2D eigenvalue weighted by molar-refractivity contribution is 7.17. The smallest absolute Gasteiger partial charge is 0.238 e. The average Bonchev–Trinajstić information content (AvgIpc) is 3.12. The van der Waals surface area contributed by atoms with E-state index < -0.39 is 0 Å². The fraction of sp³-hybridized carbons (Fsp3) is 0.105. The molecule has 3 aromatic heterocycles. The quantitative estimate of drug-likeness (QED) is 0.538. The molecule has 0 saturated heterocycles. The maximum atomic E-state index is 9.62. The molecule has 0 unspecified atom stereocenters. The molecule has 0 bridgehead atoms. The molecule has 4 rings (SSSR count). The summed E-state index contributed by atoms with van der Waals surface area (Å²) in [6.45, 7) is 3.81. The highest BCUT2D eigenvalue weighted by atomic mass is 32.1. The fourth-order valence-electron chi connectivity index (χ4n) is 2.83. The summed E-state index contributed by atoms with van der Waals surface area (Å²) >= 11 is 1.47. The molecule has 1 aromatic carbocycles. The Morgan fingerprint density at radius 2 is 1.85 bits per heavy atom. The van der Waals surface area contributed by atoms with Crippen LogP contribution in [0.15, 0.2) is 42.3 Å². The van der Waals surface area contributed by atoms with E-state index in [4.69, 9.17) is 4.74 Å². The molecule has 0 atom stereocenters. The van der Waals surface area contributed by atoms with E-state index in [1.165, 1.54) is 17.7 Å². The molecular formula is C19H13N5OS. The third-order valence-corrected chi connectivity index (χ3v) is 4.87. The van der Waals surface area contributed by atoms with Crippen molar-refractivity contribution in [3.05, 3.63) is 59.3 Å². The Morgan fingerprint density at radius 3 is 2.62 bits per heavy atom. The maximum Gasteiger partial charge on any atom is 0.238 e. The molecule has 0 fully saturated rings. The van der Waals surface area contributed by atoms with Gasteiger partial charge in [-0.2, -0.15) is 5.26 Å². The lowest BCUT2D eigenvalue weighted by molar-refractivity contribution is 0.470. The van der Waals surface area contributed by atoms with Crippen molar-refractivity contribution in [3.8, 4) is 28.8 Å². The minimum absolute atomic E-state index is 0.483. The molecular weight excluding hydrogens is 346 g/mol. The van der Waals surface area contributed by atoms with Gasteiger partial charge in [-0.3, -0.25) is 0 Å². The second-order valence-electron chi connectivity index (χ2n) is 5.66. The summed E-state index contributed by atoms with van der Waals surface area (Å²) in [4.78, 5) is 17.0. The molecule has 0 radical (unpaired) electrons. The van der Waals surface area contributed by atoms with Crippen molar-refractivity contribution in [2.45, 2.75) is 13.8 Å². The van der Waals surface area contributed by atoms with Crippen molar-refractivity contribution < 1.29 is 4.74 Å². The van der Waals surface area contributed by atoms with Gasteiger partial charge in [0.25, 0.3) is 0 Å². The molecule has 6 nitrogen and oxygen atoms in total. The largest absolute Gasteiger partial charge is 0.437 e. The summed E-state index contributed by atoms with van der Waals surface area (Å²) in [7, 11) is 0. The van der Waals surface area contributed by atoms with Gasteiger partial charge in [0.2, 0.25) is 5.88 Å². The number of thiazole rings is 1. The van der Waals surface area contributed by atoms with Gasteiger partial charge in [0.15, 0.2) is 0 Å². The Labute approximate surface area is 153 Å². The van der Waals surface area contributed by atoms with Crippen molar-refractivity contribution in [1.29, 1.82) is 5.26 Å². The molecule has 0 saturated carbocycles. The molecule has 0 aliphatic rings. The highest BCUT2D eigenvalue weighted by Crippen LogP contribution is 2.34. The van der Waals surface area contributed by atoms with Crippen LogP contribution < -0.4 is 4.74 Å². The number of aryl methyl sites for hydroxylation is 2. The number of pyridine rings is 1. The van der Waals surface area contributed by atoms with Crippen LogP contribution in [0.4, 0.5) is 0 Å². The molecule has 126 valence electrons. The van der Waals surface area contributed by atoms with Crippen LogP contribution in [0, 0.1) is 25.2 Å². The van der Waals surface area contributed by atoms with Crippen LogP contribution in [0.5, 0.6) is 11.6 Å². The number of ether oxygens (including phenoxy) is 1. The van der Waals surface area contributed by atoms with Crippen molar-refractivity contribution in [3.63, 3.8) is 0 Å². The van der Waals surface area contributed by atoms with Crippen molar-refractivity contribution in [2.24, 2.45) is 0 Å². The standard InChI is InChI=1S/C19H13N5OS/c1-11-17(12(2)23-9-22-11)15-4-3-14(7-13(15)8-20)25-19-18-16(5-6-21-19)24-10-26-18/h3-7,9-10H,1-2H3. The summed E-state index contributed by atoms with van der Waals surface area (Å²) in [5.74, 6) is 1.03. The van der Waals surface area contributed by atoms with Crippen molar-refractivity contribution >= 4 is 21.6 Å². The Hall–Kier alpha value is -3.37. The van der Waals surface area contributed by atoms with Crippen LogP contribution in [0.3, 0.4) is 0 Å². The molecule has 26 heavy (non-hydrogen) atoms. The first-order chi connectivity index (χ1) is 12.7. The third kappa shape index (κ3) is 2.76. The van der Waals surface area contributed by atoms with Crippen LogP contribution >= 0.6 is 11.3 Å². The SMILES string of the molecule is Cc1ncnc(C)c1-c1ccc(Oc2nccc3ncsc23)cc1C#N. The molecule has 0 aliphatic heterocycles. The zero-order valence-corrected chi connectivity index (χ0v) is 14.9. The predicted octanol–water partition coefficient (Wildman–Crippen LogP) is 4.43. The molecule has 7 heteroatoms. The lowest BCUT2D eigenvalue weighted by Gasteiger charge is -2.11. The van der Waals surface area contributed by atoms with E-state index in [1.54, 1.807) is 17.8 Å². The van der Waals surface area contributed by atoms with Crippen LogP contribution in [-0.2, 0) is 0 Å². The van der Waals surface area contributed by atoms with Gasteiger partial charge in [-0.25, -0.2) is 19.9 Å². The number of hydrogen-bond acceptors (Lipinski definition) is 7. The summed E-state index contributed by atoms with van der Waals surface area (Å²) in [5, 5.41) is 9.62. The normalized spacial score (nSPS) is 10.7. The molecule has 0 amide bonds. The van der Waals surface area contributed by atoms with Crippen LogP contribution in [-0.4, -0.2) is 19.9 Å². The Balaban J connectivity index is 1.77. The van der Waals surface area contributed by atoms with Crippen LogP contribution in [0.1, 0.15) is 17.0 Å².